The van der Waals surface area contributed by atoms with E-state index in [1.807, 2.05) is 43.3 Å². The van der Waals surface area contributed by atoms with Gasteiger partial charge in [0.25, 0.3) is 5.91 Å². The minimum Gasteiger partial charge on any atom is -0.496 e. The molecule has 0 aliphatic rings. The van der Waals surface area contributed by atoms with Gasteiger partial charge in [-0.25, -0.2) is 14.5 Å². The number of amides is 2. The van der Waals surface area contributed by atoms with Gasteiger partial charge in [0.1, 0.15) is 24.8 Å². The fourth-order valence-corrected chi connectivity index (χ4v) is 4.26. The number of nitrogens with zero attached hydrogens (tertiary/aromatic N) is 4. The van der Waals surface area contributed by atoms with Crippen LogP contribution in [-0.2, 0) is 20.9 Å². The number of aromatic nitrogens is 3. The van der Waals surface area contributed by atoms with Crippen LogP contribution >= 0.6 is 0 Å². The average molecular weight is 562 g/mol. The summed E-state index contributed by atoms with van der Waals surface area (Å²) >= 11 is 0. The Morgan fingerprint density at radius 2 is 1.80 bits per heavy atom. The predicted octanol–water partition coefficient (Wildman–Crippen LogP) is 5.05. The van der Waals surface area contributed by atoms with Crippen molar-refractivity contribution in [3.05, 3.63) is 60.3 Å². The number of carbonyl (C=O) groups excluding carboxylic acids is 2. The van der Waals surface area contributed by atoms with Crippen LogP contribution in [0.1, 0.15) is 23.7 Å². The number of carbonyl (C=O) groups is 2. The van der Waals surface area contributed by atoms with Crippen molar-refractivity contribution in [2.24, 2.45) is 0 Å². The first-order valence-corrected chi connectivity index (χ1v) is 13.2. The van der Waals surface area contributed by atoms with E-state index < -0.39 is 6.09 Å². The van der Waals surface area contributed by atoms with Crippen LogP contribution in [0.15, 0.2) is 54.7 Å². The molecule has 0 aliphatic heterocycles. The first-order chi connectivity index (χ1) is 19.9. The van der Waals surface area contributed by atoms with Crippen LogP contribution in [0.2, 0.25) is 0 Å². The van der Waals surface area contributed by atoms with Gasteiger partial charge in [0.05, 0.1) is 25.0 Å². The second-order valence-electron chi connectivity index (χ2n) is 9.39. The number of ether oxygens (including phenoxy) is 4. The van der Waals surface area contributed by atoms with E-state index in [2.05, 4.69) is 5.32 Å². The number of benzene rings is 2. The fourth-order valence-electron chi connectivity index (χ4n) is 4.26. The molecule has 2 amide bonds. The van der Waals surface area contributed by atoms with Gasteiger partial charge in [-0.15, -0.1) is 0 Å². The molecule has 216 valence electrons. The predicted molar refractivity (Wildman–Crippen MR) is 156 cm³/mol. The van der Waals surface area contributed by atoms with E-state index in [1.165, 1.54) is 12.0 Å². The van der Waals surface area contributed by atoms with E-state index in [1.54, 1.807) is 44.2 Å². The topological polar surface area (TPSA) is 117 Å². The van der Waals surface area contributed by atoms with Crippen LogP contribution in [0.4, 0.5) is 10.5 Å². The number of fused-ring (bicyclic) bond motifs is 1. The Hall–Kier alpha value is -4.48. The van der Waals surface area contributed by atoms with Crippen molar-refractivity contribution < 1.29 is 28.5 Å². The Morgan fingerprint density at radius 3 is 2.54 bits per heavy atom. The van der Waals surface area contributed by atoms with Gasteiger partial charge in [-0.05, 0) is 42.3 Å². The number of pyridine rings is 1. The van der Waals surface area contributed by atoms with Crippen LogP contribution in [0.3, 0.4) is 0 Å². The Labute approximate surface area is 239 Å². The Balaban J connectivity index is 1.79. The highest BCUT2D eigenvalue weighted by Crippen LogP contribution is 2.36. The van der Waals surface area contributed by atoms with Gasteiger partial charge in [-0.1, -0.05) is 25.1 Å². The van der Waals surface area contributed by atoms with Crippen molar-refractivity contribution in [2.75, 3.05) is 53.5 Å². The van der Waals surface area contributed by atoms with E-state index in [0.717, 1.165) is 28.5 Å². The largest absolute Gasteiger partial charge is 0.496 e. The first-order valence-electron chi connectivity index (χ1n) is 13.2. The quantitative estimate of drug-likeness (QED) is 0.239. The molecule has 41 heavy (non-hydrogen) atoms. The molecular formula is C30H35N5O6. The smallest absolute Gasteiger partial charge is 0.411 e. The second-order valence-corrected chi connectivity index (χ2v) is 9.39. The number of nitrogens with one attached hydrogen (secondary N) is 1. The standard InChI is InChI=1S/C30H35N5O6/c1-6-13-40-19-35-28-24(27(33-35)22-9-7-8-10-26(22)39-5)17-21(18-31-28)20-11-12-25(23(16-20)29(36)34(2)3)32-30(37)41-15-14-38-4/h7-12,16-18H,6,13-15,19H2,1-5H3,(H,32,37). The van der Waals surface area contributed by atoms with Gasteiger partial charge in [-0.2, -0.15) is 5.10 Å². The summed E-state index contributed by atoms with van der Waals surface area (Å²) in [5.74, 6) is 0.411. The molecule has 11 heteroatoms. The Morgan fingerprint density at radius 1 is 1.00 bits per heavy atom. The summed E-state index contributed by atoms with van der Waals surface area (Å²) in [7, 11) is 6.44. The van der Waals surface area contributed by atoms with E-state index in [0.29, 0.717) is 34.9 Å². The number of para-hydroxylation sites is 1. The van der Waals surface area contributed by atoms with Crippen LogP contribution in [0, 0.1) is 0 Å². The fraction of sp³-hybridized carbons (Fsp3) is 0.333. The van der Waals surface area contributed by atoms with Crippen molar-refractivity contribution in [3.8, 4) is 28.1 Å². The van der Waals surface area contributed by atoms with Crippen molar-refractivity contribution in [3.63, 3.8) is 0 Å². The molecule has 0 spiro atoms. The van der Waals surface area contributed by atoms with E-state index in [9.17, 15) is 9.59 Å². The molecule has 0 atom stereocenters. The van der Waals surface area contributed by atoms with Crippen molar-refractivity contribution in [1.82, 2.24) is 19.7 Å². The zero-order valence-corrected chi connectivity index (χ0v) is 24.0. The van der Waals surface area contributed by atoms with Crippen LogP contribution in [-0.4, -0.2) is 79.8 Å². The third-order valence-corrected chi connectivity index (χ3v) is 6.26. The molecule has 2 heterocycles. The maximum absolute atomic E-state index is 13.1. The number of rotatable bonds is 12. The highest BCUT2D eigenvalue weighted by Gasteiger charge is 2.20. The number of hydrogen-bond acceptors (Lipinski definition) is 8. The number of methoxy groups -OCH3 is 2. The normalized spacial score (nSPS) is 11.0. The summed E-state index contributed by atoms with van der Waals surface area (Å²) in [6.45, 7) is 3.27. The summed E-state index contributed by atoms with van der Waals surface area (Å²) in [6.07, 6.45) is 1.95. The van der Waals surface area contributed by atoms with Gasteiger partial charge in [-0.3, -0.25) is 10.1 Å². The summed E-state index contributed by atoms with van der Waals surface area (Å²) in [4.78, 5) is 31.6. The van der Waals surface area contributed by atoms with Crippen molar-refractivity contribution in [1.29, 1.82) is 0 Å². The first kappa shape index (κ1) is 29.5. The highest BCUT2D eigenvalue weighted by molar-refractivity contribution is 6.04. The van der Waals surface area contributed by atoms with Gasteiger partial charge in [0.15, 0.2) is 5.65 Å². The molecule has 0 bridgehead atoms. The SMILES string of the molecule is CCCOCn1nc(-c2ccccc2OC)c2cc(-c3ccc(NC(=O)OCCOC)c(C(=O)N(C)C)c3)cnc21. The lowest BCUT2D eigenvalue weighted by atomic mass is 10.0. The monoisotopic (exact) mass is 561 g/mol. The van der Waals surface area contributed by atoms with Gasteiger partial charge in [0.2, 0.25) is 0 Å². The van der Waals surface area contributed by atoms with Gasteiger partial charge < -0.3 is 23.8 Å². The third kappa shape index (κ3) is 6.82. The molecule has 1 N–H and O–H groups in total. The van der Waals surface area contributed by atoms with Crippen LogP contribution in [0.25, 0.3) is 33.4 Å². The van der Waals surface area contributed by atoms with Crippen molar-refractivity contribution in [2.45, 2.75) is 20.1 Å². The minimum absolute atomic E-state index is 0.0920. The van der Waals surface area contributed by atoms with E-state index in [-0.39, 0.29) is 25.9 Å². The zero-order valence-electron chi connectivity index (χ0n) is 24.0. The molecular weight excluding hydrogens is 526 g/mol. The molecule has 4 rings (SSSR count). The Kier molecular flexibility index (Phi) is 9.88. The molecule has 0 unspecified atom stereocenters. The average Bonchev–Trinajstić information content (AvgIpc) is 3.34. The van der Waals surface area contributed by atoms with Gasteiger partial charge in [0, 0.05) is 50.5 Å². The zero-order chi connectivity index (χ0) is 29.4. The molecule has 0 saturated carbocycles. The Bertz CT molecular complexity index is 1520. The molecule has 0 saturated heterocycles. The molecule has 2 aromatic carbocycles. The van der Waals surface area contributed by atoms with Crippen LogP contribution < -0.4 is 10.1 Å². The van der Waals surface area contributed by atoms with Gasteiger partial charge >= 0.3 is 6.09 Å². The molecule has 0 fully saturated rings. The highest BCUT2D eigenvalue weighted by atomic mass is 16.6. The lowest BCUT2D eigenvalue weighted by molar-refractivity contribution is 0.0721. The van der Waals surface area contributed by atoms with Crippen LogP contribution in [0.5, 0.6) is 5.75 Å². The van der Waals surface area contributed by atoms with E-state index >= 15 is 0 Å². The maximum atomic E-state index is 13.1. The molecule has 4 aromatic rings. The summed E-state index contributed by atoms with van der Waals surface area (Å²) < 4.78 is 23.2. The van der Waals surface area contributed by atoms with Crippen molar-refractivity contribution >= 4 is 28.7 Å². The number of hydrogen-bond donors (Lipinski definition) is 1. The summed E-state index contributed by atoms with van der Waals surface area (Å²) in [5.41, 5.74) is 4.34. The summed E-state index contributed by atoms with van der Waals surface area (Å²) in [5, 5.41) is 8.31. The summed E-state index contributed by atoms with van der Waals surface area (Å²) in [6, 6.07) is 14.9. The molecule has 0 radical (unpaired) electrons. The number of anilines is 1. The molecule has 2 aromatic heterocycles. The third-order valence-electron chi connectivity index (χ3n) is 6.26. The lowest BCUT2D eigenvalue weighted by Gasteiger charge is -2.16. The lowest BCUT2D eigenvalue weighted by Crippen LogP contribution is -2.24. The molecule has 0 aliphatic carbocycles. The van der Waals surface area contributed by atoms with E-state index in [4.69, 9.17) is 29.0 Å². The second kappa shape index (κ2) is 13.7. The molecule has 11 nitrogen and oxygen atoms in total. The minimum atomic E-state index is -0.676. The maximum Gasteiger partial charge on any atom is 0.411 e.